The van der Waals surface area contributed by atoms with Gasteiger partial charge in [0.05, 0.1) is 28.8 Å². The zero-order valence-corrected chi connectivity index (χ0v) is 13.3. The van der Waals surface area contributed by atoms with Gasteiger partial charge in [0.1, 0.15) is 0 Å². The summed E-state index contributed by atoms with van der Waals surface area (Å²) in [7, 11) is 0. The van der Waals surface area contributed by atoms with Crippen molar-refractivity contribution in [2.45, 2.75) is 0 Å². The van der Waals surface area contributed by atoms with Gasteiger partial charge in [-0.3, -0.25) is 9.59 Å². The molecule has 0 heterocycles. The van der Waals surface area contributed by atoms with Crippen molar-refractivity contribution in [1.29, 1.82) is 5.26 Å². The molecule has 0 aliphatic rings. The molecule has 2 aromatic carbocycles. The van der Waals surface area contributed by atoms with E-state index in [0.717, 1.165) is 0 Å². The van der Waals surface area contributed by atoms with Crippen LogP contribution in [0.3, 0.4) is 0 Å². The number of rotatable bonds is 4. The first-order valence-electron chi connectivity index (χ1n) is 6.53. The number of nitrogens with zero attached hydrogens (tertiary/aromatic N) is 1. The Morgan fingerprint density at radius 3 is 2.61 bits per heavy atom. The fraction of sp³-hybridized carbons (Fsp3) is 0.0625. The van der Waals surface area contributed by atoms with Crippen molar-refractivity contribution >= 4 is 40.7 Å². The first kappa shape index (κ1) is 16.8. The van der Waals surface area contributed by atoms with Crippen LogP contribution in [0.25, 0.3) is 0 Å². The molecule has 116 valence electrons. The minimum atomic E-state index is -0.479. The Morgan fingerprint density at radius 2 is 1.91 bits per heavy atom. The lowest BCUT2D eigenvalue weighted by Gasteiger charge is -2.08. The Labute approximate surface area is 142 Å². The van der Waals surface area contributed by atoms with Crippen molar-refractivity contribution in [3.8, 4) is 6.07 Å². The lowest BCUT2D eigenvalue weighted by molar-refractivity contribution is -0.115. The number of amides is 2. The number of nitriles is 1. The lowest BCUT2D eigenvalue weighted by atomic mass is 10.2. The molecule has 0 aliphatic heterocycles. The summed E-state index contributed by atoms with van der Waals surface area (Å²) in [6, 6.07) is 12.9. The summed E-state index contributed by atoms with van der Waals surface area (Å²) >= 11 is 11.7. The Balaban J connectivity index is 1.93. The van der Waals surface area contributed by atoms with Gasteiger partial charge in [-0.1, -0.05) is 29.3 Å². The summed E-state index contributed by atoms with van der Waals surface area (Å²) < 4.78 is 0. The molecule has 0 atom stereocenters. The molecule has 2 amide bonds. The lowest BCUT2D eigenvalue weighted by Crippen LogP contribution is -2.33. The molecule has 0 bridgehead atoms. The van der Waals surface area contributed by atoms with E-state index >= 15 is 0 Å². The third-order valence-electron chi connectivity index (χ3n) is 2.86. The van der Waals surface area contributed by atoms with Gasteiger partial charge in [0.2, 0.25) is 5.91 Å². The van der Waals surface area contributed by atoms with Gasteiger partial charge < -0.3 is 10.6 Å². The molecule has 2 N–H and O–H groups in total. The average Bonchev–Trinajstić information content (AvgIpc) is 2.53. The van der Waals surface area contributed by atoms with Crippen molar-refractivity contribution in [2.24, 2.45) is 0 Å². The van der Waals surface area contributed by atoms with E-state index in [1.165, 1.54) is 24.3 Å². The third-order valence-corrected chi connectivity index (χ3v) is 3.41. The molecule has 0 radical (unpaired) electrons. The fourth-order valence-electron chi connectivity index (χ4n) is 1.80. The number of benzene rings is 2. The molecule has 2 rings (SSSR count). The Kier molecular flexibility index (Phi) is 5.58. The maximum atomic E-state index is 12.0. The number of hydrogen-bond acceptors (Lipinski definition) is 3. The Morgan fingerprint density at radius 1 is 1.13 bits per heavy atom. The Hall–Kier alpha value is -2.55. The van der Waals surface area contributed by atoms with Gasteiger partial charge in [0.15, 0.2) is 0 Å². The van der Waals surface area contributed by atoms with Crippen molar-refractivity contribution in [3.63, 3.8) is 0 Å². The molecular formula is C16H11Cl2N3O2. The van der Waals surface area contributed by atoms with E-state index in [9.17, 15) is 9.59 Å². The van der Waals surface area contributed by atoms with E-state index in [4.69, 9.17) is 28.5 Å². The van der Waals surface area contributed by atoms with Crippen molar-refractivity contribution in [1.82, 2.24) is 5.32 Å². The van der Waals surface area contributed by atoms with E-state index in [0.29, 0.717) is 16.3 Å². The molecule has 7 heteroatoms. The van der Waals surface area contributed by atoms with Crippen LogP contribution in [0.15, 0.2) is 42.5 Å². The maximum Gasteiger partial charge on any atom is 0.253 e. The molecule has 0 fully saturated rings. The van der Waals surface area contributed by atoms with E-state index in [1.807, 2.05) is 6.07 Å². The second-order valence-electron chi connectivity index (χ2n) is 4.55. The van der Waals surface area contributed by atoms with Gasteiger partial charge in [-0.05, 0) is 36.4 Å². The summed E-state index contributed by atoms with van der Waals surface area (Å²) in [5.41, 5.74) is 1.14. The zero-order chi connectivity index (χ0) is 16.8. The summed E-state index contributed by atoms with van der Waals surface area (Å²) in [5, 5.41) is 14.5. The number of carbonyl (C=O) groups is 2. The molecule has 0 unspecified atom stereocenters. The molecule has 5 nitrogen and oxygen atoms in total. The van der Waals surface area contributed by atoms with Crippen LogP contribution in [0.2, 0.25) is 10.0 Å². The van der Waals surface area contributed by atoms with Crippen LogP contribution >= 0.6 is 23.2 Å². The van der Waals surface area contributed by atoms with Gasteiger partial charge in [0, 0.05) is 10.7 Å². The predicted molar refractivity (Wildman–Crippen MR) is 88.6 cm³/mol. The maximum absolute atomic E-state index is 12.0. The van der Waals surface area contributed by atoms with Crippen LogP contribution < -0.4 is 10.6 Å². The van der Waals surface area contributed by atoms with Gasteiger partial charge >= 0.3 is 0 Å². The first-order valence-corrected chi connectivity index (χ1v) is 7.28. The number of carbonyl (C=O) groups excluding carboxylic acids is 2. The second kappa shape index (κ2) is 7.63. The molecule has 0 saturated carbocycles. The smallest absolute Gasteiger partial charge is 0.253 e. The first-order chi connectivity index (χ1) is 11.0. The normalized spacial score (nSPS) is 9.78. The van der Waals surface area contributed by atoms with E-state index in [1.54, 1.807) is 18.2 Å². The number of halogens is 2. The molecule has 23 heavy (non-hydrogen) atoms. The van der Waals surface area contributed by atoms with Crippen LogP contribution in [0, 0.1) is 11.3 Å². The van der Waals surface area contributed by atoms with Crippen molar-refractivity contribution < 1.29 is 9.59 Å². The highest BCUT2D eigenvalue weighted by molar-refractivity contribution is 6.36. The summed E-state index contributed by atoms with van der Waals surface area (Å²) in [5.74, 6) is -0.897. The summed E-state index contributed by atoms with van der Waals surface area (Å²) in [6.45, 7) is -0.228. The molecule has 0 aromatic heterocycles. The predicted octanol–water partition coefficient (Wildman–Crippen LogP) is 3.23. The van der Waals surface area contributed by atoms with Crippen LogP contribution in [-0.2, 0) is 4.79 Å². The Bertz CT molecular complexity index is 800. The highest BCUT2D eigenvalue weighted by Crippen LogP contribution is 2.20. The summed E-state index contributed by atoms with van der Waals surface area (Å²) in [4.78, 5) is 23.8. The fourth-order valence-corrected chi connectivity index (χ4v) is 2.30. The second-order valence-corrected chi connectivity index (χ2v) is 5.39. The number of nitrogens with one attached hydrogen (secondary N) is 2. The number of anilines is 1. The zero-order valence-electron chi connectivity index (χ0n) is 11.8. The van der Waals surface area contributed by atoms with Gasteiger partial charge in [-0.2, -0.15) is 5.26 Å². The third kappa shape index (κ3) is 4.71. The molecular weight excluding hydrogens is 337 g/mol. The minimum Gasteiger partial charge on any atom is -0.343 e. The largest absolute Gasteiger partial charge is 0.343 e. The quantitative estimate of drug-likeness (QED) is 0.890. The van der Waals surface area contributed by atoms with E-state index in [2.05, 4.69) is 10.6 Å². The van der Waals surface area contributed by atoms with Gasteiger partial charge in [0.25, 0.3) is 5.91 Å². The molecule has 0 saturated heterocycles. The number of hydrogen-bond donors (Lipinski definition) is 2. The SMILES string of the molecule is N#Cc1cccc(NC(=O)CNC(=O)c2ccc(Cl)cc2Cl)c1. The van der Waals surface area contributed by atoms with Crippen LogP contribution in [0.4, 0.5) is 5.69 Å². The molecule has 0 aliphatic carbocycles. The average molecular weight is 348 g/mol. The standard InChI is InChI=1S/C16H11Cl2N3O2/c17-11-4-5-13(14(18)7-11)16(23)20-9-15(22)21-12-3-1-2-10(6-12)8-19/h1-7H,9H2,(H,20,23)(H,21,22). The van der Waals surface area contributed by atoms with Gasteiger partial charge in [-0.15, -0.1) is 0 Å². The van der Waals surface area contributed by atoms with Crippen molar-refractivity contribution in [3.05, 3.63) is 63.6 Å². The summed E-state index contributed by atoms with van der Waals surface area (Å²) in [6.07, 6.45) is 0. The van der Waals surface area contributed by atoms with Gasteiger partial charge in [-0.25, -0.2) is 0 Å². The van der Waals surface area contributed by atoms with Crippen LogP contribution in [-0.4, -0.2) is 18.4 Å². The minimum absolute atomic E-state index is 0.206. The molecule has 2 aromatic rings. The topological polar surface area (TPSA) is 82.0 Å². The highest BCUT2D eigenvalue weighted by atomic mass is 35.5. The highest BCUT2D eigenvalue weighted by Gasteiger charge is 2.12. The molecule has 0 spiro atoms. The van der Waals surface area contributed by atoms with E-state index < -0.39 is 11.8 Å². The van der Waals surface area contributed by atoms with Crippen molar-refractivity contribution in [2.75, 3.05) is 11.9 Å². The van der Waals surface area contributed by atoms with Crippen LogP contribution in [0.5, 0.6) is 0 Å². The monoisotopic (exact) mass is 347 g/mol. The van der Waals surface area contributed by atoms with Crippen LogP contribution in [0.1, 0.15) is 15.9 Å². The van der Waals surface area contributed by atoms with E-state index in [-0.39, 0.29) is 17.1 Å².